The highest BCUT2D eigenvalue weighted by Gasteiger charge is 2.39. The van der Waals surface area contributed by atoms with E-state index in [-0.39, 0.29) is 5.56 Å². The minimum Gasteiger partial charge on any atom is -0.356 e. The standard InChI is InChI=1S/C20H24F2N4/c1-23-19(25-13-15-7-2-5-12-24-15)26-14-20(10-3-4-11-20)18-16(21)8-6-9-17(18)22/h2,5-9,12H,3-4,10-11,13-14H2,1H3,(H2,23,25,26). The summed E-state index contributed by atoms with van der Waals surface area (Å²) in [6, 6.07) is 9.81. The summed E-state index contributed by atoms with van der Waals surface area (Å²) in [5.74, 6) is -0.339. The van der Waals surface area contributed by atoms with E-state index in [4.69, 9.17) is 0 Å². The second-order valence-electron chi connectivity index (χ2n) is 6.68. The fourth-order valence-electron chi connectivity index (χ4n) is 3.72. The maximum atomic E-state index is 14.4. The number of hydrogen-bond acceptors (Lipinski definition) is 2. The average Bonchev–Trinajstić information content (AvgIpc) is 3.12. The average molecular weight is 358 g/mol. The van der Waals surface area contributed by atoms with Crippen molar-refractivity contribution < 1.29 is 8.78 Å². The minimum absolute atomic E-state index is 0.199. The van der Waals surface area contributed by atoms with Crippen molar-refractivity contribution in [3.05, 3.63) is 65.5 Å². The van der Waals surface area contributed by atoms with Crippen molar-refractivity contribution in [2.24, 2.45) is 4.99 Å². The van der Waals surface area contributed by atoms with Crippen molar-refractivity contribution in [1.82, 2.24) is 15.6 Å². The third-order valence-corrected chi connectivity index (χ3v) is 5.03. The predicted octanol–water partition coefficient (Wildman–Crippen LogP) is 3.54. The van der Waals surface area contributed by atoms with Gasteiger partial charge in [0.05, 0.1) is 12.2 Å². The van der Waals surface area contributed by atoms with Crippen LogP contribution in [0.4, 0.5) is 8.78 Å². The Labute approximate surface area is 152 Å². The number of aromatic nitrogens is 1. The first-order valence-electron chi connectivity index (χ1n) is 8.93. The molecule has 0 unspecified atom stereocenters. The van der Waals surface area contributed by atoms with Gasteiger partial charge < -0.3 is 10.6 Å². The first-order chi connectivity index (χ1) is 12.6. The van der Waals surface area contributed by atoms with E-state index in [0.29, 0.717) is 19.0 Å². The van der Waals surface area contributed by atoms with Gasteiger partial charge in [0.2, 0.25) is 0 Å². The Hall–Kier alpha value is -2.50. The molecule has 1 saturated carbocycles. The molecular formula is C20H24F2N4. The lowest BCUT2D eigenvalue weighted by Gasteiger charge is -2.31. The normalized spacial score (nSPS) is 16.5. The van der Waals surface area contributed by atoms with Crippen LogP contribution in [0.25, 0.3) is 0 Å². The van der Waals surface area contributed by atoms with E-state index in [1.165, 1.54) is 18.2 Å². The molecule has 0 atom stereocenters. The summed E-state index contributed by atoms with van der Waals surface area (Å²) >= 11 is 0. The Kier molecular flexibility index (Phi) is 5.81. The van der Waals surface area contributed by atoms with Gasteiger partial charge in [-0.15, -0.1) is 0 Å². The zero-order valence-electron chi connectivity index (χ0n) is 14.9. The van der Waals surface area contributed by atoms with Crippen LogP contribution in [0.15, 0.2) is 47.6 Å². The van der Waals surface area contributed by atoms with E-state index < -0.39 is 17.0 Å². The van der Waals surface area contributed by atoms with E-state index in [2.05, 4.69) is 20.6 Å². The van der Waals surface area contributed by atoms with Crippen LogP contribution in [0.1, 0.15) is 36.9 Å². The van der Waals surface area contributed by atoms with Gasteiger partial charge in [-0.25, -0.2) is 8.78 Å². The molecule has 1 fully saturated rings. The molecule has 1 aromatic carbocycles. The van der Waals surface area contributed by atoms with Crippen LogP contribution in [0.2, 0.25) is 0 Å². The Morgan fingerprint density at radius 3 is 2.42 bits per heavy atom. The molecule has 0 aliphatic heterocycles. The molecular weight excluding hydrogens is 334 g/mol. The molecule has 26 heavy (non-hydrogen) atoms. The molecule has 0 saturated heterocycles. The van der Waals surface area contributed by atoms with E-state index in [1.54, 1.807) is 13.2 Å². The fraction of sp³-hybridized carbons (Fsp3) is 0.400. The first kappa shape index (κ1) is 18.3. The van der Waals surface area contributed by atoms with Crippen molar-refractivity contribution in [2.75, 3.05) is 13.6 Å². The molecule has 1 aliphatic rings. The lowest BCUT2D eigenvalue weighted by atomic mass is 9.78. The molecule has 0 amide bonds. The molecule has 1 heterocycles. The number of rotatable bonds is 5. The number of nitrogens with one attached hydrogen (secondary N) is 2. The monoisotopic (exact) mass is 358 g/mol. The second-order valence-corrected chi connectivity index (χ2v) is 6.68. The van der Waals surface area contributed by atoms with Crippen LogP contribution in [0, 0.1) is 11.6 Å². The van der Waals surface area contributed by atoms with Crippen molar-refractivity contribution >= 4 is 5.96 Å². The largest absolute Gasteiger partial charge is 0.356 e. The van der Waals surface area contributed by atoms with E-state index in [9.17, 15) is 8.78 Å². The van der Waals surface area contributed by atoms with Gasteiger partial charge in [0.1, 0.15) is 11.6 Å². The maximum Gasteiger partial charge on any atom is 0.191 e. The molecule has 0 radical (unpaired) electrons. The number of guanidine groups is 1. The molecule has 1 aromatic heterocycles. The van der Waals surface area contributed by atoms with Crippen LogP contribution >= 0.6 is 0 Å². The molecule has 0 bridgehead atoms. The number of benzene rings is 1. The molecule has 138 valence electrons. The lowest BCUT2D eigenvalue weighted by molar-refractivity contribution is 0.386. The fourth-order valence-corrected chi connectivity index (χ4v) is 3.72. The summed E-state index contributed by atoms with van der Waals surface area (Å²) in [7, 11) is 1.68. The van der Waals surface area contributed by atoms with Crippen molar-refractivity contribution in [3.8, 4) is 0 Å². The van der Waals surface area contributed by atoms with Crippen molar-refractivity contribution in [2.45, 2.75) is 37.6 Å². The van der Waals surface area contributed by atoms with Gasteiger partial charge in [-0.05, 0) is 37.1 Å². The van der Waals surface area contributed by atoms with Crippen LogP contribution < -0.4 is 10.6 Å². The smallest absolute Gasteiger partial charge is 0.191 e. The summed E-state index contributed by atoms with van der Waals surface area (Å²) in [6.07, 6.45) is 5.19. The highest BCUT2D eigenvalue weighted by Crippen LogP contribution is 2.42. The topological polar surface area (TPSA) is 49.3 Å². The zero-order chi connectivity index (χ0) is 18.4. The van der Waals surface area contributed by atoms with Crippen molar-refractivity contribution in [3.63, 3.8) is 0 Å². The Balaban J connectivity index is 1.70. The third kappa shape index (κ3) is 4.00. The first-order valence-corrected chi connectivity index (χ1v) is 8.93. The molecule has 6 heteroatoms. The molecule has 3 rings (SSSR count). The number of nitrogens with zero attached hydrogens (tertiary/aromatic N) is 2. The lowest BCUT2D eigenvalue weighted by Crippen LogP contribution is -2.45. The quantitative estimate of drug-likeness (QED) is 0.635. The molecule has 2 aromatic rings. The van der Waals surface area contributed by atoms with Crippen molar-refractivity contribution in [1.29, 1.82) is 0 Å². The second kappa shape index (κ2) is 8.25. The van der Waals surface area contributed by atoms with E-state index >= 15 is 0 Å². The Bertz CT molecular complexity index is 735. The number of pyridine rings is 1. The zero-order valence-corrected chi connectivity index (χ0v) is 14.9. The van der Waals surface area contributed by atoms with Crippen LogP contribution in [0.5, 0.6) is 0 Å². The summed E-state index contributed by atoms with van der Waals surface area (Å²) in [4.78, 5) is 8.48. The van der Waals surface area contributed by atoms with E-state index in [1.807, 2.05) is 18.2 Å². The van der Waals surface area contributed by atoms with Gasteiger partial charge in [-0.3, -0.25) is 9.98 Å². The Morgan fingerprint density at radius 1 is 1.08 bits per heavy atom. The summed E-state index contributed by atoms with van der Waals surface area (Å²) in [6.45, 7) is 0.967. The van der Waals surface area contributed by atoms with Gasteiger partial charge >= 0.3 is 0 Å². The molecule has 4 nitrogen and oxygen atoms in total. The van der Waals surface area contributed by atoms with Crippen LogP contribution in [0.3, 0.4) is 0 Å². The van der Waals surface area contributed by atoms with Gasteiger partial charge in [0.25, 0.3) is 0 Å². The minimum atomic E-state index is -0.544. The summed E-state index contributed by atoms with van der Waals surface area (Å²) in [5.41, 5.74) is 0.550. The molecule has 0 spiro atoms. The molecule has 1 aliphatic carbocycles. The third-order valence-electron chi connectivity index (χ3n) is 5.03. The number of hydrogen-bond donors (Lipinski definition) is 2. The van der Waals surface area contributed by atoms with Gasteiger partial charge in [-0.1, -0.05) is 25.0 Å². The predicted molar refractivity (Wildman–Crippen MR) is 98.9 cm³/mol. The van der Waals surface area contributed by atoms with Gasteiger partial charge in [0, 0.05) is 30.8 Å². The van der Waals surface area contributed by atoms with Crippen LogP contribution in [-0.2, 0) is 12.0 Å². The number of aliphatic imine (C=N–C) groups is 1. The maximum absolute atomic E-state index is 14.4. The molecule has 2 N–H and O–H groups in total. The SMILES string of the molecule is CN=C(NCc1ccccn1)NCC1(c2c(F)cccc2F)CCCC1. The summed E-state index contributed by atoms with van der Waals surface area (Å²) in [5, 5.41) is 6.45. The number of halogens is 2. The van der Waals surface area contributed by atoms with Gasteiger partial charge in [0.15, 0.2) is 5.96 Å². The van der Waals surface area contributed by atoms with Crippen LogP contribution in [-0.4, -0.2) is 24.5 Å². The van der Waals surface area contributed by atoms with Gasteiger partial charge in [-0.2, -0.15) is 0 Å². The summed E-state index contributed by atoms with van der Waals surface area (Å²) < 4.78 is 28.8. The Morgan fingerprint density at radius 2 is 1.81 bits per heavy atom. The highest BCUT2D eigenvalue weighted by atomic mass is 19.1. The van der Waals surface area contributed by atoms with E-state index in [0.717, 1.165) is 31.4 Å². The highest BCUT2D eigenvalue weighted by molar-refractivity contribution is 5.79.